The minimum absolute atomic E-state index is 0.0625. The molecule has 0 aliphatic carbocycles. The van der Waals surface area contributed by atoms with Crippen LogP contribution in [0.4, 0.5) is 4.79 Å². The highest BCUT2D eigenvalue weighted by Crippen LogP contribution is 2.30. The van der Waals surface area contributed by atoms with Gasteiger partial charge >= 0.3 is 12.1 Å². The van der Waals surface area contributed by atoms with Crippen LogP contribution in [-0.4, -0.2) is 89.2 Å². The molecule has 1 fully saturated rings. The predicted octanol–water partition coefficient (Wildman–Crippen LogP) is 1.63. The Kier molecular flexibility index (Phi) is 11.9. The number of hydrogen-bond donors (Lipinski definition) is 4. The molecule has 0 bridgehead atoms. The van der Waals surface area contributed by atoms with E-state index in [1.807, 2.05) is 31.2 Å². The second-order valence-electron chi connectivity index (χ2n) is 9.29. The molecule has 0 radical (unpaired) electrons. The van der Waals surface area contributed by atoms with Crippen molar-refractivity contribution in [2.45, 2.75) is 63.7 Å². The summed E-state index contributed by atoms with van der Waals surface area (Å²) >= 11 is 0. The molecule has 0 amide bonds. The van der Waals surface area contributed by atoms with Crippen LogP contribution in [0.5, 0.6) is 11.5 Å². The maximum absolute atomic E-state index is 12.0. The number of hydrogen-bond acceptors (Lipinski definition) is 12. The molecule has 1 aliphatic rings. The summed E-state index contributed by atoms with van der Waals surface area (Å²) in [7, 11) is 0. The first-order valence-electron chi connectivity index (χ1n) is 13.1. The van der Waals surface area contributed by atoms with Crippen LogP contribution < -0.4 is 9.47 Å². The molecule has 0 unspecified atom stereocenters. The molecule has 6 atom stereocenters. The maximum atomic E-state index is 12.0. The highest BCUT2D eigenvalue weighted by Gasteiger charge is 2.46. The Hall–Kier alpha value is -3.68. The van der Waals surface area contributed by atoms with Gasteiger partial charge in [-0.1, -0.05) is 36.9 Å². The Labute approximate surface area is 237 Å². The van der Waals surface area contributed by atoms with Crippen molar-refractivity contribution >= 4 is 12.1 Å². The van der Waals surface area contributed by atoms with E-state index in [1.165, 1.54) is 13.0 Å². The molecule has 41 heavy (non-hydrogen) atoms. The van der Waals surface area contributed by atoms with Gasteiger partial charge in [-0.3, -0.25) is 0 Å². The molecular formula is C29H36O12. The van der Waals surface area contributed by atoms with Gasteiger partial charge in [0.1, 0.15) is 49.1 Å². The zero-order valence-corrected chi connectivity index (χ0v) is 22.9. The van der Waals surface area contributed by atoms with Gasteiger partial charge in [-0.2, -0.15) is 0 Å². The van der Waals surface area contributed by atoms with Gasteiger partial charge in [0.25, 0.3) is 0 Å². The zero-order valence-electron chi connectivity index (χ0n) is 22.9. The molecule has 224 valence electrons. The fourth-order valence-corrected chi connectivity index (χ4v) is 4.02. The smallest absolute Gasteiger partial charge is 0.494 e. The van der Waals surface area contributed by atoms with E-state index in [4.69, 9.17) is 18.9 Å². The van der Waals surface area contributed by atoms with Crippen molar-refractivity contribution in [3.05, 3.63) is 71.8 Å². The lowest BCUT2D eigenvalue weighted by Gasteiger charge is -2.41. The normalized spacial score (nSPS) is 22.7. The van der Waals surface area contributed by atoms with Gasteiger partial charge in [-0.25, -0.2) is 9.59 Å². The van der Waals surface area contributed by atoms with Crippen molar-refractivity contribution in [3.8, 4) is 11.5 Å². The topological polar surface area (TPSA) is 170 Å². The first kappa shape index (κ1) is 31.8. The molecule has 2 aromatic carbocycles. The van der Waals surface area contributed by atoms with Crippen LogP contribution in [0, 0.1) is 0 Å². The fraction of sp³-hybridized carbons (Fsp3) is 0.448. The lowest BCUT2D eigenvalue weighted by Crippen LogP contribution is -2.61. The lowest BCUT2D eigenvalue weighted by molar-refractivity contribution is -0.286. The van der Waals surface area contributed by atoms with Gasteiger partial charge in [0.2, 0.25) is 6.29 Å². The van der Waals surface area contributed by atoms with Crippen LogP contribution in [0.2, 0.25) is 0 Å². The minimum atomic E-state index is -1.63. The van der Waals surface area contributed by atoms with E-state index in [9.17, 15) is 30.0 Å². The Morgan fingerprint density at radius 1 is 1.00 bits per heavy atom. The first-order chi connectivity index (χ1) is 19.6. The van der Waals surface area contributed by atoms with E-state index in [-0.39, 0.29) is 19.0 Å². The van der Waals surface area contributed by atoms with E-state index in [0.717, 1.165) is 11.3 Å². The van der Waals surface area contributed by atoms with Gasteiger partial charge in [0, 0.05) is 6.42 Å². The van der Waals surface area contributed by atoms with E-state index in [1.54, 1.807) is 18.2 Å². The third kappa shape index (κ3) is 9.17. The Bertz CT molecular complexity index is 1150. The van der Waals surface area contributed by atoms with E-state index in [0.29, 0.717) is 24.2 Å². The van der Waals surface area contributed by atoms with Crippen molar-refractivity contribution in [2.24, 2.45) is 0 Å². The average molecular weight is 577 g/mol. The highest BCUT2D eigenvalue weighted by molar-refractivity contribution is 5.73. The monoisotopic (exact) mass is 576 g/mol. The summed E-state index contributed by atoms with van der Waals surface area (Å²) in [5, 5.41) is 41.1. The van der Waals surface area contributed by atoms with Crippen molar-refractivity contribution in [3.63, 3.8) is 0 Å². The molecule has 12 heteroatoms. The summed E-state index contributed by atoms with van der Waals surface area (Å²) in [5.74, 6) is 0.149. The maximum Gasteiger partial charge on any atom is 0.509 e. The van der Waals surface area contributed by atoms with Crippen LogP contribution in [0.25, 0.3) is 0 Å². The van der Waals surface area contributed by atoms with E-state index < -0.39 is 55.5 Å². The van der Waals surface area contributed by atoms with Gasteiger partial charge in [0.15, 0.2) is 6.61 Å². The lowest BCUT2D eigenvalue weighted by atomic mass is 9.96. The third-order valence-corrected chi connectivity index (χ3v) is 6.11. The molecule has 0 spiro atoms. The second-order valence-corrected chi connectivity index (χ2v) is 9.29. The molecule has 1 aliphatic heterocycles. The third-order valence-electron chi connectivity index (χ3n) is 6.11. The standard InChI is InChI=1S/C29H36O12/c1-4-12-37-29(35)39-16-23(31)38-15-19-6-9-20(13-18-7-10-21(11-8-18)36-5-2)22(14-19)40-28-26(34)24(32)25(33)27(41-28)17(3)30/h4,6-11,14,17,24-28,30,32-34H,1,5,12-13,15-16H2,2-3H3/t17-,24+,25+,26-,27-,28-/m1/s1. The second kappa shape index (κ2) is 15.4. The van der Waals surface area contributed by atoms with Crippen LogP contribution >= 0.6 is 0 Å². The quantitative estimate of drug-likeness (QED) is 0.201. The van der Waals surface area contributed by atoms with Crippen molar-refractivity contribution in [1.29, 1.82) is 0 Å². The Morgan fingerprint density at radius 3 is 2.37 bits per heavy atom. The molecule has 3 rings (SSSR count). The van der Waals surface area contributed by atoms with Gasteiger partial charge in [0.05, 0.1) is 12.7 Å². The molecule has 0 saturated carbocycles. The SMILES string of the molecule is C=CCOC(=O)OCC(=O)OCc1ccc(Cc2ccc(OCC)cc2)c(O[C@@H]2O[C@H]([C@@H](C)O)[C@@H](O)[C@H](O)[C@H]2O)c1. The number of aliphatic hydroxyl groups excluding tert-OH is 4. The number of carbonyl (C=O) groups is 2. The van der Waals surface area contributed by atoms with Crippen LogP contribution in [0.15, 0.2) is 55.1 Å². The van der Waals surface area contributed by atoms with Crippen molar-refractivity contribution in [1.82, 2.24) is 0 Å². The summed E-state index contributed by atoms with van der Waals surface area (Å²) < 4.78 is 31.6. The number of aliphatic hydroxyl groups is 4. The summed E-state index contributed by atoms with van der Waals surface area (Å²) in [5.41, 5.74) is 2.08. The highest BCUT2D eigenvalue weighted by atomic mass is 16.7. The molecule has 12 nitrogen and oxygen atoms in total. The van der Waals surface area contributed by atoms with Crippen LogP contribution in [-0.2, 0) is 36.8 Å². The van der Waals surface area contributed by atoms with E-state index >= 15 is 0 Å². The van der Waals surface area contributed by atoms with Gasteiger partial charge in [-0.15, -0.1) is 0 Å². The molecule has 4 N–H and O–H groups in total. The number of esters is 1. The molecular weight excluding hydrogens is 540 g/mol. The molecule has 1 saturated heterocycles. The van der Waals surface area contributed by atoms with Crippen LogP contribution in [0.3, 0.4) is 0 Å². The van der Waals surface area contributed by atoms with Gasteiger partial charge in [-0.05, 0) is 48.7 Å². The largest absolute Gasteiger partial charge is 0.509 e. The number of carbonyl (C=O) groups excluding carboxylic acids is 2. The Balaban J connectivity index is 1.77. The zero-order chi connectivity index (χ0) is 29.9. The fourth-order valence-electron chi connectivity index (χ4n) is 4.02. The van der Waals surface area contributed by atoms with Crippen LogP contribution in [0.1, 0.15) is 30.5 Å². The summed E-state index contributed by atoms with van der Waals surface area (Å²) in [6.07, 6.45) is -7.89. The number of benzene rings is 2. The average Bonchev–Trinajstić information content (AvgIpc) is 2.96. The van der Waals surface area contributed by atoms with Crippen molar-refractivity contribution < 1.29 is 58.4 Å². The van der Waals surface area contributed by atoms with Crippen molar-refractivity contribution in [2.75, 3.05) is 19.8 Å². The summed E-state index contributed by atoms with van der Waals surface area (Å²) in [4.78, 5) is 23.4. The summed E-state index contributed by atoms with van der Waals surface area (Å²) in [6.45, 7) is 6.29. The first-order valence-corrected chi connectivity index (χ1v) is 13.1. The minimum Gasteiger partial charge on any atom is -0.494 e. The van der Waals surface area contributed by atoms with Gasteiger partial charge < -0.3 is 48.8 Å². The van der Waals surface area contributed by atoms with E-state index in [2.05, 4.69) is 16.1 Å². The number of rotatable bonds is 13. The number of ether oxygens (including phenoxy) is 6. The molecule has 2 aromatic rings. The molecule has 0 aromatic heterocycles. The summed E-state index contributed by atoms with van der Waals surface area (Å²) in [6, 6.07) is 12.5. The Morgan fingerprint density at radius 2 is 1.71 bits per heavy atom. The predicted molar refractivity (Wildman–Crippen MR) is 143 cm³/mol. The molecule has 1 heterocycles.